The van der Waals surface area contributed by atoms with E-state index in [2.05, 4.69) is 31.2 Å². The van der Waals surface area contributed by atoms with Gasteiger partial charge in [-0.2, -0.15) is 0 Å². The maximum absolute atomic E-state index is 12.2. The number of aromatic nitrogens is 2. The number of amides is 1. The van der Waals surface area contributed by atoms with Crippen LogP contribution in [0.4, 0.5) is 5.69 Å². The van der Waals surface area contributed by atoms with Gasteiger partial charge in [-0.1, -0.05) is 40.7 Å². The predicted octanol–water partition coefficient (Wildman–Crippen LogP) is 3.21. The summed E-state index contributed by atoms with van der Waals surface area (Å²) in [6.07, 6.45) is 0.677. The Kier molecular flexibility index (Phi) is 5.79. The van der Waals surface area contributed by atoms with Crippen LogP contribution in [0.1, 0.15) is 19.5 Å². The Morgan fingerprint density at radius 1 is 1.45 bits per heavy atom. The van der Waals surface area contributed by atoms with Crippen molar-refractivity contribution in [2.45, 2.75) is 30.7 Å². The second-order valence-corrected chi connectivity index (χ2v) is 6.90. The lowest BCUT2D eigenvalue weighted by atomic mass is 10.3. The molecule has 1 aromatic heterocycles. The minimum atomic E-state index is -0.380. The molecule has 1 aromatic carbocycles. The lowest BCUT2D eigenvalue weighted by Gasteiger charge is -2.12. The van der Waals surface area contributed by atoms with Gasteiger partial charge in [-0.05, 0) is 31.5 Å². The fraction of sp³-hybridized carbons (Fsp3) is 0.267. The highest BCUT2D eigenvalue weighted by atomic mass is 79.9. The average molecular weight is 382 g/mol. The molecule has 2 N–H and O–H groups in total. The number of nitrogens with one attached hydrogen (secondary N) is 2. The zero-order valence-electron chi connectivity index (χ0n) is 12.2. The summed E-state index contributed by atoms with van der Waals surface area (Å²) in [7, 11) is 0. The van der Waals surface area contributed by atoms with E-state index in [1.807, 2.05) is 31.2 Å². The number of carbonyl (C=O) groups excluding carboxylic acids is 1. The Labute approximate surface area is 141 Å². The highest BCUT2D eigenvalue weighted by molar-refractivity contribution is 9.10. The van der Waals surface area contributed by atoms with Gasteiger partial charge in [0.25, 0.3) is 5.56 Å². The van der Waals surface area contributed by atoms with Crippen LogP contribution in [0.15, 0.2) is 44.8 Å². The van der Waals surface area contributed by atoms with Crippen LogP contribution in [-0.4, -0.2) is 21.1 Å². The van der Waals surface area contributed by atoms with E-state index in [4.69, 9.17) is 0 Å². The summed E-state index contributed by atoms with van der Waals surface area (Å²) in [4.78, 5) is 30.7. The first-order valence-electron chi connectivity index (χ1n) is 6.81. The number of hydrogen-bond acceptors (Lipinski definition) is 4. The standard InChI is InChI=1S/C15H16BrN3O2S/c1-3-11-8-13(20)19-15(18-11)22-9(2)14(21)17-12-6-4-5-10(16)7-12/h4-9H,3H2,1-2H3,(H,17,21)(H,18,19,20). The van der Waals surface area contributed by atoms with E-state index in [0.717, 1.165) is 10.2 Å². The predicted molar refractivity (Wildman–Crippen MR) is 92.3 cm³/mol. The lowest BCUT2D eigenvalue weighted by Crippen LogP contribution is -2.23. The van der Waals surface area contributed by atoms with Gasteiger partial charge in [0, 0.05) is 21.9 Å². The molecular weight excluding hydrogens is 366 g/mol. The molecule has 0 fully saturated rings. The summed E-state index contributed by atoms with van der Waals surface area (Å²) in [6.45, 7) is 3.70. The molecule has 1 heterocycles. The van der Waals surface area contributed by atoms with E-state index in [-0.39, 0.29) is 16.7 Å². The van der Waals surface area contributed by atoms with Crippen molar-refractivity contribution >= 4 is 39.3 Å². The molecule has 0 spiro atoms. The second kappa shape index (κ2) is 7.60. The van der Waals surface area contributed by atoms with E-state index in [0.29, 0.717) is 17.3 Å². The summed E-state index contributed by atoms with van der Waals surface area (Å²) in [6, 6.07) is 8.85. The van der Waals surface area contributed by atoms with Crippen LogP contribution in [0, 0.1) is 0 Å². The zero-order valence-corrected chi connectivity index (χ0v) is 14.6. The van der Waals surface area contributed by atoms with Gasteiger partial charge in [0.2, 0.25) is 5.91 Å². The number of rotatable bonds is 5. The molecule has 0 radical (unpaired) electrons. The number of anilines is 1. The molecular formula is C15H16BrN3O2S. The highest BCUT2D eigenvalue weighted by Gasteiger charge is 2.16. The van der Waals surface area contributed by atoms with Crippen molar-refractivity contribution in [3.63, 3.8) is 0 Å². The largest absolute Gasteiger partial charge is 0.325 e. The van der Waals surface area contributed by atoms with Gasteiger partial charge >= 0.3 is 0 Å². The number of nitrogens with zero attached hydrogens (tertiary/aromatic N) is 1. The molecule has 1 atom stereocenters. The van der Waals surface area contributed by atoms with E-state index >= 15 is 0 Å². The van der Waals surface area contributed by atoms with Crippen molar-refractivity contribution in [1.29, 1.82) is 0 Å². The van der Waals surface area contributed by atoms with Crippen molar-refractivity contribution in [3.8, 4) is 0 Å². The van der Waals surface area contributed by atoms with Gasteiger partial charge in [0.15, 0.2) is 5.16 Å². The van der Waals surface area contributed by atoms with Crippen molar-refractivity contribution < 1.29 is 4.79 Å². The van der Waals surface area contributed by atoms with E-state index in [1.165, 1.54) is 17.8 Å². The summed E-state index contributed by atoms with van der Waals surface area (Å²) >= 11 is 4.59. The number of carbonyl (C=O) groups is 1. The molecule has 2 aromatic rings. The molecule has 2 rings (SSSR count). The fourth-order valence-electron chi connectivity index (χ4n) is 1.75. The third kappa shape index (κ3) is 4.71. The summed E-state index contributed by atoms with van der Waals surface area (Å²) in [5.74, 6) is -0.146. The smallest absolute Gasteiger partial charge is 0.251 e. The number of thioether (sulfide) groups is 1. The molecule has 7 heteroatoms. The zero-order chi connectivity index (χ0) is 16.1. The summed E-state index contributed by atoms with van der Waals surface area (Å²) in [5.41, 5.74) is 1.23. The Morgan fingerprint density at radius 2 is 2.23 bits per heavy atom. The average Bonchev–Trinajstić information content (AvgIpc) is 2.46. The minimum Gasteiger partial charge on any atom is -0.325 e. The molecule has 1 amide bonds. The van der Waals surface area contributed by atoms with Crippen LogP contribution in [0.3, 0.4) is 0 Å². The first kappa shape index (κ1) is 16.8. The quantitative estimate of drug-likeness (QED) is 0.615. The van der Waals surface area contributed by atoms with E-state index in [9.17, 15) is 9.59 Å². The fourth-order valence-corrected chi connectivity index (χ4v) is 2.98. The Bertz CT molecular complexity index is 733. The Balaban J connectivity index is 2.05. The second-order valence-electron chi connectivity index (χ2n) is 4.66. The van der Waals surface area contributed by atoms with Gasteiger partial charge in [-0.3, -0.25) is 9.59 Å². The summed E-state index contributed by atoms with van der Waals surface area (Å²) < 4.78 is 0.896. The first-order chi connectivity index (χ1) is 10.5. The van der Waals surface area contributed by atoms with Crippen molar-refractivity contribution in [2.24, 2.45) is 0 Å². The molecule has 0 saturated heterocycles. The van der Waals surface area contributed by atoms with Gasteiger partial charge in [-0.25, -0.2) is 4.98 Å². The number of halogens is 1. The highest BCUT2D eigenvalue weighted by Crippen LogP contribution is 2.21. The number of aryl methyl sites for hydroxylation is 1. The maximum Gasteiger partial charge on any atom is 0.251 e. The number of hydrogen-bond donors (Lipinski definition) is 2. The Hall–Kier alpha value is -1.60. The Morgan fingerprint density at radius 3 is 2.91 bits per heavy atom. The van der Waals surface area contributed by atoms with Crippen LogP contribution in [0.5, 0.6) is 0 Å². The van der Waals surface area contributed by atoms with Crippen LogP contribution >= 0.6 is 27.7 Å². The van der Waals surface area contributed by atoms with Crippen molar-refractivity contribution in [3.05, 3.63) is 50.9 Å². The van der Waals surface area contributed by atoms with Gasteiger partial charge in [0.1, 0.15) is 0 Å². The van der Waals surface area contributed by atoms with Gasteiger partial charge in [0.05, 0.1) is 5.25 Å². The van der Waals surface area contributed by atoms with Crippen LogP contribution in [-0.2, 0) is 11.2 Å². The number of benzene rings is 1. The summed E-state index contributed by atoms with van der Waals surface area (Å²) in [5, 5.41) is 2.92. The van der Waals surface area contributed by atoms with E-state index < -0.39 is 0 Å². The number of aromatic amines is 1. The normalized spacial score (nSPS) is 12.0. The molecule has 22 heavy (non-hydrogen) atoms. The van der Waals surface area contributed by atoms with Gasteiger partial charge < -0.3 is 10.3 Å². The van der Waals surface area contributed by atoms with Crippen LogP contribution in [0.25, 0.3) is 0 Å². The third-order valence-electron chi connectivity index (χ3n) is 2.89. The van der Waals surface area contributed by atoms with Crippen molar-refractivity contribution in [1.82, 2.24) is 9.97 Å². The SMILES string of the molecule is CCc1cc(=O)[nH]c(SC(C)C(=O)Nc2cccc(Br)c2)n1. The monoisotopic (exact) mass is 381 g/mol. The van der Waals surface area contributed by atoms with Gasteiger partial charge in [-0.15, -0.1) is 0 Å². The molecule has 0 bridgehead atoms. The number of H-pyrrole nitrogens is 1. The molecule has 1 unspecified atom stereocenters. The van der Waals surface area contributed by atoms with Crippen LogP contribution in [0.2, 0.25) is 0 Å². The molecule has 0 aliphatic heterocycles. The molecule has 116 valence electrons. The lowest BCUT2D eigenvalue weighted by molar-refractivity contribution is -0.115. The van der Waals surface area contributed by atoms with Crippen LogP contribution < -0.4 is 10.9 Å². The molecule has 0 aliphatic carbocycles. The first-order valence-corrected chi connectivity index (χ1v) is 8.48. The third-order valence-corrected chi connectivity index (χ3v) is 4.36. The molecule has 0 saturated carbocycles. The minimum absolute atomic E-state index is 0.146. The van der Waals surface area contributed by atoms with Crippen molar-refractivity contribution in [2.75, 3.05) is 5.32 Å². The topological polar surface area (TPSA) is 74.8 Å². The van der Waals surface area contributed by atoms with E-state index in [1.54, 1.807) is 6.92 Å². The molecule has 5 nitrogen and oxygen atoms in total. The maximum atomic E-state index is 12.2. The molecule has 0 aliphatic rings.